The predicted octanol–water partition coefficient (Wildman–Crippen LogP) is 4.39. The molecule has 0 saturated carbocycles. The van der Waals surface area contributed by atoms with Crippen molar-refractivity contribution in [2.45, 2.75) is 19.9 Å². The summed E-state index contributed by atoms with van der Waals surface area (Å²) < 4.78 is 0. The van der Waals surface area contributed by atoms with Crippen molar-refractivity contribution in [2.75, 3.05) is 4.90 Å². The van der Waals surface area contributed by atoms with E-state index in [0.29, 0.717) is 10.7 Å². The van der Waals surface area contributed by atoms with E-state index in [2.05, 4.69) is 4.98 Å². The van der Waals surface area contributed by atoms with Crippen LogP contribution in [0.2, 0.25) is 0 Å². The molecule has 1 atom stereocenters. The third-order valence-electron chi connectivity index (χ3n) is 4.79. The first-order valence-electron chi connectivity index (χ1n) is 8.81. The third kappa shape index (κ3) is 3.01. The van der Waals surface area contributed by atoms with Crippen molar-refractivity contribution in [1.29, 1.82) is 0 Å². The Balaban J connectivity index is 1.93. The molecule has 1 aliphatic heterocycles. The molecule has 140 valence electrons. The summed E-state index contributed by atoms with van der Waals surface area (Å²) >= 11 is 1.28. The molecule has 0 bridgehead atoms. The molecule has 1 aromatic heterocycles. The topological polar surface area (TPSA) is 70.5 Å². The van der Waals surface area contributed by atoms with E-state index in [0.717, 1.165) is 16.7 Å². The van der Waals surface area contributed by atoms with Crippen LogP contribution < -0.4 is 4.90 Å². The first kappa shape index (κ1) is 18.1. The Morgan fingerprint density at radius 1 is 1.00 bits per heavy atom. The molecule has 5 nitrogen and oxygen atoms in total. The van der Waals surface area contributed by atoms with Crippen LogP contribution in [0.25, 0.3) is 5.76 Å². The van der Waals surface area contributed by atoms with Crippen molar-refractivity contribution >= 4 is 33.9 Å². The number of carbonyl (C=O) groups is 2. The minimum Gasteiger partial charge on any atom is -0.507 e. The second-order valence-electron chi connectivity index (χ2n) is 6.76. The minimum atomic E-state index is -0.729. The van der Waals surface area contributed by atoms with Gasteiger partial charge in [-0.2, -0.15) is 0 Å². The number of amides is 1. The normalized spacial score (nSPS) is 18.6. The SMILES string of the molecule is Cc1ccc(/C(O)=C2/C(=O)C(=O)N(c3nccs3)C2c2ccc(C)cc2)cc1. The van der Waals surface area contributed by atoms with E-state index < -0.39 is 17.7 Å². The fourth-order valence-electron chi connectivity index (χ4n) is 3.30. The molecule has 1 saturated heterocycles. The first-order chi connectivity index (χ1) is 13.5. The zero-order valence-electron chi connectivity index (χ0n) is 15.4. The second kappa shape index (κ2) is 7.05. The zero-order valence-corrected chi connectivity index (χ0v) is 16.2. The lowest BCUT2D eigenvalue weighted by Gasteiger charge is -2.23. The van der Waals surface area contributed by atoms with Crippen LogP contribution in [0.3, 0.4) is 0 Å². The number of aliphatic hydroxyl groups excluding tert-OH is 1. The van der Waals surface area contributed by atoms with Gasteiger partial charge >= 0.3 is 5.91 Å². The number of ketones is 1. The van der Waals surface area contributed by atoms with Gasteiger partial charge in [0, 0.05) is 17.1 Å². The molecule has 1 amide bonds. The van der Waals surface area contributed by atoms with Gasteiger partial charge in [-0.3, -0.25) is 14.5 Å². The standard InChI is InChI=1S/C22H18N2O3S/c1-13-3-7-15(8-4-13)18-17(19(25)16-9-5-14(2)6-10-16)20(26)21(27)24(18)22-23-11-12-28-22/h3-12,18,25H,1-2H3/b19-17-. The van der Waals surface area contributed by atoms with Crippen molar-refractivity contribution in [1.82, 2.24) is 4.98 Å². The molecule has 28 heavy (non-hydrogen) atoms. The van der Waals surface area contributed by atoms with Gasteiger partial charge in [0.25, 0.3) is 5.78 Å². The summed E-state index contributed by atoms with van der Waals surface area (Å²) in [5.41, 5.74) is 3.42. The maximum Gasteiger partial charge on any atom is 0.301 e. The highest BCUT2D eigenvalue weighted by Gasteiger charge is 2.47. The largest absolute Gasteiger partial charge is 0.507 e. The molecular formula is C22H18N2O3S. The smallest absolute Gasteiger partial charge is 0.301 e. The van der Waals surface area contributed by atoms with Crippen molar-refractivity contribution in [3.8, 4) is 0 Å². The fraction of sp³-hybridized carbons (Fsp3) is 0.136. The van der Waals surface area contributed by atoms with E-state index in [4.69, 9.17) is 0 Å². The number of aromatic nitrogens is 1. The Morgan fingerprint density at radius 3 is 2.18 bits per heavy atom. The Morgan fingerprint density at radius 2 is 1.61 bits per heavy atom. The number of benzene rings is 2. The van der Waals surface area contributed by atoms with Gasteiger partial charge in [0.1, 0.15) is 5.76 Å². The predicted molar refractivity (Wildman–Crippen MR) is 109 cm³/mol. The first-order valence-corrected chi connectivity index (χ1v) is 9.69. The third-order valence-corrected chi connectivity index (χ3v) is 5.56. The van der Waals surface area contributed by atoms with Gasteiger partial charge in [0.05, 0.1) is 11.6 Å². The quantitative estimate of drug-likeness (QED) is 0.409. The Hall–Kier alpha value is -3.25. The average Bonchev–Trinajstić information content (AvgIpc) is 3.30. The molecule has 0 spiro atoms. The summed E-state index contributed by atoms with van der Waals surface area (Å²) in [6, 6.07) is 14.0. The fourth-order valence-corrected chi connectivity index (χ4v) is 3.96. The summed E-state index contributed by atoms with van der Waals surface area (Å²) in [7, 11) is 0. The van der Waals surface area contributed by atoms with Crippen LogP contribution in [0.1, 0.15) is 28.3 Å². The maximum absolute atomic E-state index is 12.9. The number of hydrogen-bond acceptors (Lipinski definition) is 5. The molecule has 0 aliphatic carbocycles. The van der Waals surface area contributed by atoms with E-state index in [1.807, 2.05) is 50.2 Å². The molecule has 2 heterocycles. The van der Waals surface area contributed by atoms with Gasteiger partial charge in [-0.1, -0.05) is 59.7 Å². The molecule has 1 N–H and O–H groups in total. The van der Waals surface area contributed by atoms with Gasteiger partial charge in [0.2, 0.25) is 0 Å². The number of hydrogen-bond donors (Lipinski definition) is 1. The molecule has 1 aliphatic rings. The maximum atomic E-state index is 12.9. The highest BCUT2D eigenvalue weighted by Crippen LogP contribution is 2.42. The molecule has 6 heteroatoms. The molecular weight excluding hydrogens is 372 g/mol. The molecule has 1 fully saturated rings. The average molecular weight is 390 g/mol. The van der Waals surface area contributed by atoms with E-state index in [-0.39, 0.29) is 11.3 Å². The number of carbonyl (C=O) groups excluding carboxylic acids is 2. The van der Waals surface area contributed by atoms with Crippen LogP contribution in [0, 0.1) is 13.8 Å². The van der Waals surface area contributed by atoms with Gasteiger partial charge in [-0.25, -0.2) is 4.98 Å². The molecule has 1 unspecified atom stereocenters. The van der Waals surface area contributed by atoms with E-state index in [1.165, 1.54) is 16.2 Å². The number of Topliss-reactive ketones (excluding diaryl/α,β-unsaturated/α-hetero) is 1. The van der Waals surface area contributed by atoms with Crippen molar-refractivity contribution in [3.63, 3.8) is 0 Å². The van der Waals surface area contributed by atoms with E-state index >= 15 is 0 Å². The second-order valence-corrected chi connectivity index (χ2v) is 7.63. The Kier molecular flexibility index (Phi) is 4.57. The Labute approximate surface area is 166 Å². The summed E-state index contributed by atoms with van der Waals surface area (Å²) in [5, 5.41) is 13.1. The molecule has 2 aromatic carbocycles. The monoisotopic (exact) mass is 390 g/mol. The lowest BCUT2D eigenvalue weighted by molar-refractivity contribution is -0.132. The van der Waals surface area contributed by atoms with Crippen LogP contribution in [-0.4, -0.2) is 21.8 Å². The van der Waals surface area contributed by atoms with Crippen LogP contribution >= 0.6 is 11.3 Å². The number of nitrogens with zero attached hydrogens (tertiary/aromatic N) is 2. The van der Waals surface area contributed by atoms with Gasteiger partial charge < -0.3 is 5.11 Å². The van der Waals surface area contributed by atoms with Gasteiger partial charge in [0.15, 0.2) is 5.13 Å². The lowest BCUT2D eigenvalue weighted by atomic mass is 9.94. The van der Waals surface area contributed by atoms with Gasteiger partial charge in [-0.15, -0.1) is 11.3 Å². The number of aliphatic hydroxyl groups is 1. The van der Waals surface area contributed by atoms with Crippen LogP contribution in [0.15, 0.2) is 65.7 Å². The van der Waals surface area contributed by atoms with Crippen LogP contribution in [0.4, 0.5) is 5.13 Å². The molecule has 3 aromatic rings. The summed E-state index contributed by atoms with van der Waals surface area (Å²) in [4.78, 5) is 31.4. The van der Waals surface area contributed by atoms with Gasteiger partial charge in [-0.05, 0) is 19.4 Å². The summed E-state index contributed by atoms with van der Waals surface area (Å²) in [6.07, 6.45) is 1.59. The van der Waals surface area contributed by atoms with Crippen LogP contribution in [0.5, 0.6) is 0 Å². The number of thiazole rings is 1. The van der Waals surface area contributed by atoms with Crippen molar-refractivity contribution < 1.29 is 14.7 Å². The van der Waals surface area contributed by atoms with E-state index in [9.17, 15) is 14.7 Å². The van der Waals surface area contributed by atoms with Crippen molar-refractivity contribution in [3.05, 3.63) is 87.9 Å². The lowest BCUT2D eigenvalue weighted by Crippen LogP contribution is -2.29. The van der Waals surface area contributed by atoms with E-state index in [1.54, 1.807) is 23.7 Å². The molecule has 0 radical (unpaired) electrons. The number of rotatable bonds is 3. The zero-order chi connectivity index (χ0) is 19.8. The summed E-state index contributed by atoms with van der Waals surface area (Å²) in [5.74, 6) is -1.57. The highest BCUT2D eigenvalue weighted by atomic mass is 32.1. The minimum absolute atomic E-state index is 0.0768. The highest BCUT2D eigenvalue weighted by molar-refractivity contribution is 7.14. The van der Waals surface area contributed by atoms with Crippen LogP contribution in [-0.2, 0) is 9.59 Å². The number of anilines is 1. The molecule has 4 rings (SSSR count). The Bertz CT molecular complexity index is 1070. The number of aryl methyl sites for hydroxylation is 2. The summed E-state index contributed by atoms with van der Waals surface area (Å²) in [6.45, 7) is 3.91. The van der Waals surface area contributed by atoms with Crippen molar-refractivity contribution in [2.24, 2.45) is 0 Å².